The Hall–Kier alpha value is -0.510. The molecule has 0 N–H and O–H groups in total. The number of unbranched alkanes of at least 4 members (excludes halogenated alkanes) is 1. The SMILES string of the molecule is CCCCOC(=O)c1ccccc1[O-].[Na+]. The second-order valence-corrected chi connectivity index (χ2v) is 2.99. The molecule has 1 rings (SSSR count). The zero-order valence-electron chi connectivity index (χ0n) is 9.16. The number of hydrogen-bond donors (Lipinski definition) is 0. The average molecular weight is 216 g/mol. The zero-order chi connectivity index (χ0) is 10.4. The third-order valence-electron chi connectivity index (χ3n) is 1.84. The van der Waals surface area contributed by atoms with Crippen molar-refractivity contribution in [1.29, 1.82) is 0 Å². The van der Waals surface area contributed by atoms with Crippen LogP contribution in [0.5, 0.6) is 5.75 Å². The summed E-state index contributed by atoms with van der Waals surface area (Å²) in [6.07, 6.45) is 1.79. The first-order valence-electron chi connectivity index (χ1n) is 4.69. The first-order chi connectivity index (χ1) is 6.75. The summed E-state index contributed by atoms with van der Waals surface area (Å²) < 4.78 is 4.91. The number of benzene rings is 1. The molecule has 0 aliphatic heterocycles. The summed E-state index contributed by atoms with van der Waals surface area (Å²) in [6, 6.07) is 6.09. The van der Waals surface area contributed by atoms with E-state index in [9.17, 15) is 9.90 Å². The number of carbonyl (C=O) groups excluding carboxylic acids is 1. The molecule has 0 spiro atoms. The maximum absolute atomic E-state index is 11.3. The van der Waals surface area contributed by atoms with E-state index in [4.69, 9.17) is 4.74 Å². The van der Waals surface area contributed by atoms with E-state index in [-0.39, 0.29) is 40.9 Å². The van der Waals surface area contributed by atoms with Gasteiger partial charge in [0, 0.05) is 0 Å². The van der Waals surface area contributed by atoms with Crippen molar-refractivity contribution in [2.24, 2.45) is 0 Å². The molecule has 3 nitrogen and oxygen atoms in total. The average Bonchev–Trinajstić information content (AvgIpc) is 2.18. The van der Waals surface area contributed by atoms with E-state index in [0.717, 1.165) is 12.8 Å². The van der Waals surface area contributed by atoms with Crippen molar-refractivity contribution >= 4 is 5.97 Å². The maximum Gasteiger partial charge on any atom is 1.00 e. The van der Waals surface area contributed by atoms with E-state index in [0.29, 0.717) is 6.61 Å². The largest absolute Gasteiger partial charge is 1.00 e. The molecule has 0 fully saturated rings. The first-order valence-corrected chi connectivity index (χ1v) is 4.69. The minimum absolute atomic E-state index is 0. The van der Waals surface area contributed by atoms with Crippen LogP contribution < -0.4 is 34.7 Å². The summed E-state index contributed by atoms with van der Waals surface area (Å²) in [4.78, 5) is 11.3. The Morgan fingerprint density at radius 1 is 1.40 bits per heavy atom. The van der Waals surface area contributed by atoms with Crippen LogP contribution in [0.1, 0.15) is 30.1 Å². The first kappa shape index (κ1) is 14.5. The summed E-state index contributed by atoms with van der Waals surface area (Å²) >= 11 is 0. The number of para-hydroxylation sites is 1. The molecule has 0 atom stereocenters. The second-order valence-electron chi connectivity index (χ2n) is 2.99. The molecule has 15 heavy (non-hydrogen) atoms. The predicted molar refractivity (Wildman–Crippen MR) is 51.1 cm³/mol. The van der Waals surface area contributed by atoms with Crippen LogP contribution in [0, 0.1) is 0 Å². The van der Waals surface area contributed by atoms with Gasteiger partial charge in [0.2, 0.25) is 0 Å². The van der Waals surface area contributed by atoms with Crippen molar-refractivity contribution in [1.82, 2.24) is 0 Å². The van der Waals surface area contributed by atoms with E-state index in [2.05, 4.69) is 0 Å². The van der Waals surface area contributed by atoms with Crippen molar-refractivity contribution in [3.8, 4) is 5.75 Å². The minimum atomic E-state index is -0.524. The molecule has 0 aromatic heterocycles. The van der Waals surface area contributed by atoms with Crippen LogP contribution in [0.2, 0.25) is 0 Å². The summed E-state index contributed by atoms with van der Waals surface area (Å²) in [6.45, 7) is 2.39. The van der Waals surface area contributed by atoms with Crippen LogP contribution in [0.15, 0.2) is 24.3 Å². The van der Waals surface area contributed by atoms with Crippen LogP contribution in [0.4, 0.5) is 0 Å². The Bertz CT molecular complexity index is 312. The molecule has 0 aliphatic carbocycles. The van der Waals surface area contributed by atoms with Gasteiger partial charge in [-0.05, 0) is 12.5 Å². The van der Waals surface area contributed by atoms with Gasteiger partial charge in [-0.15, -0.1) is 0 Å². The van der Waals surface area contributed by atoms with E-state index in [1.165, 1.54) is 12.1 Å². The quantitative estimate of drug-likeness (QED) is 0.358. The molecule has 1 aromatic rings. The Balaban J connectivity index is 0.00000196. The van der Waals surface area contributed by atoms with Crippen LogP contribution in [-0.4, -0.2) is 12.6 Å². The Labute approximate surface area is 112 Å². The van der Waals surface area contributed by atoms with Crippen LogP contribution >= 0.6 is 0 Å². The smallest absolute Gasteiger partial charge is 0.872 e. The molecule has 0 aliphatic rings. The molecular formula is C11H13NaO3. The van der Waals surface area contributed by atoms with E-state index in [1.807, 2.05) is 6.92 Å². The topological polar surface area (TPSA) is 49.4 Å². The Kier molecular flexibility index (Phi) is 7.48. The van der Waals surface area contributed by atoms with E-state index >= 15 is 0 Å². The zero-order valence-corrected chi connectivity index (χ0v) is 11.2. The van der Waals surface area contributed by atoms with Gasteiger partial charge < -0.3 is 9.84 Å². The van der Waals surface area contributed by atoms with Crippen LogP contribution in [0.3, 0.4) is 0 Å². The molecule has 1 aromatic carbocycles. The fourth-order valence-electron chi connectivity index (χ4n) is 1.02. The molecule has 0 bridgehead atoms. The van der Waals surface area contributed by atoms with Crippen LogP contribution in [-0.2, 0) is 4.74 Å². The van der Waals surface area contributed by atoms with Gasteiger partial charge in [-0.1, -0.05) is 37.3 Å². The van der Waals surface area contributed by atoms with Gasteiger partial charge in [-0.3, -0.25) is 0 Å². The molecule has 0 saturated heterocycles. The predicted octanol–water partition coefficient (Wildman–Crippen LogP) is -1.28. The fourth-order valence-corrected chi connectivity index (χ4v) is 1.02. The number of carbonyl (C=O) groups is 1. The molecule has 4 heteroatoms. The molecule has 76 valence electrons. The van der Waals surface area contributed by atoms with E-state index in [1.54, 1.807) is 12.1 Å². The van der Waals surface area contributed by atoms with Gasteiger partial charge in [0.15, 0.2) is 0 Å². The third kappa shape index (κ3) is 4.69. The summed E-state index contributed by atoms with van der Waals surface area (Å²) in [5.74, 6) is -0.807. The summed E-state index contributed by atoms with van der Waals surface area (Å²) in [5, 5.41) is 11.2. The van der Waals surface area contributed by atoms with Crippen molar-refractivity contribution in [3.63, 3.8) is 0 Å². The van der Waals surface area contributed by atoms with Crippen LogP contribution in [0.25, 0.3) is 0 Å². The van der Waals surface area contributed by atoms with Gasteiger partial charge in [0.05, 0.1) is 12.2 Å². The maximum atomic E-state index is 11.3. The minimum Gasteiger partial charge on any atom is -0.872 e. The van der Waals surface area contributed by atoms with Gasteiger partial charge in [0.25, 0.3) is 0 Å². The molecule has 0 radical (unpaired) electrons. The molecule has 0 saturated carbocycles. The number of ether oxygens (including phenoxy) is 1. The fraction of sp³-hybridized carbons (Fsp3) is 0.364. The van der Waals surface area contributed by atoms with Crippen molar-refractivity contribution in [2.45, 2.75) is 19.8 Å². The van der Waals surface area contributed by atoms with E-state index < -0.39 is 5.97 Å². The molecule has 0 heterocycles. The molecular weight excluding hydrogens is 203 g/mol. The normalized spacial score (nSPS) is 9.13. The Morgan fingerprint density at radius 2 is 2.07 bits per heavy atom. The summed E-state index contributed by atoms with van der Waals surface area (Å²) in [7, 11) is 0. The number of esters is 1. The third-order valence-corrected chi connectivity index (χ3v) is 1.84. The Morgan fingerprint density at radius 3 is 2.67 bits per heavy atom. The molecule has 0 amide bonds. The van der Waals surface area contributed by atoms with Crippen molar-refractivity contribution in [3.05, 3.63) is 29.8 Å². The molecule has 0 unspecified atom stereocenters. The van der Waals surface area contributed by atoms with Gasteiger partial charge in [-0.2, -0.15) is 0 Å². The second kappa shape index (κ2) is 7.74. The van der Waals surface area contributed by atoms with Gasteiger partial charge in [0.1, 0.15) is 0 Å². The monoisotopic (exact) mass is 216 g/mol. The van der Waals surface area contributed by atoms with Gasteiger partial charge in [-0.25, -0.2) is 4.79 Å². The van der Waals surface area contributed by atoms with Crippen molar-refractivity contribution < 1.29 is 44.2 Å². The standard InChI is InChI=1S/C11H14O3.Na/c1-2-3-8-14-11(13)9-6-4-5-7-10(9)12;/h4-7,12H,2-3,8H2,1H3;/q;+1/p-1. The van der Waals surface area contributed by atoms with Crippen molar-refractivity contribution in [2.75, 3.05) is 6.61 Å². The number of hydrogen-bond acceptors (Lipinski definition) is 3. The number of rotatable bonds is 4. The van der Waals surface area contributed by atoms with Gasteiger partial charge >= 0.3 is 35.5 Å². The summed E-state index contributed by atoms with van der Waals surface area (Å²) in [5.41, 5.74) is 0.114.